The van der Waals surface area contributed by atoms with Crippen LogP contribution in [-0.2, 0) is 4.79 Å². The third-order valence-electron chi connectivity index (χ3n) is 1.35. The minimum absolute atomic E-state index is 0.330. The number of hydrogen-bond donors (Lipinski definition) is 2. The van der Waals surface area contributed by atoms with Gasteiger partial charge in [-0.3, -0.25) is 20.4 Å². The molecule has 0 aliphatic rings. The van der Waals surface area contributed by atoms with Crippen LogP contribution in [-0.4, -0.2) is 12.3 Å². The molecule has 1 rings (SSSR count). The maximum Gasteiger partial charge on any atom is 0.269 e. The zero-order chi connectivity index (χ0) is 9.68. The normalized spacial score (nSPS) is 9.00. The average molecular weight is 290 g/mol. The Labute approximate surface area is 88.8 Å². The zero-order valence-electron chi connectivity index (χ0n) is 6.58. The summed E-state index contributed by atoms with van der Waals surface area (Å²) in [5.74, 6) is -0.330. The lowest BCUT2D eigenvalue weighted by atomic mass is 10.2. The molecule has 0 aliphatic carbocycles. The van der Waals surface area contributed by atoms with Gasteiger partial charge in [0.25, 0.3) is 5.91 Å². The van der Waals surface area contributed by atoms with Crippen LogP contribution in [0.1, 0.15) is 10.4 Å². The fraction of sp³-hybridized carbons (Fsp3) is 0. The van der Waals surface area contributed by atoms with Gasteiger partial charge in [-0.25, -0.2) is 0 Å². The van der Waals surface area contributed by atoms with Crippen molar-refractivity contribution < 1.29 is 9.59 Å². The highest BCUT2D eigenvalue weighted by Crippen LogP contribution is 2.05. The van der Waals surface area contributed by atoms with E-state index in [0.29, 0.717) is 12.0 Å². The summed E-state index contributed by atoms with van der Waals surface area (Å²) in [4.78, 5) is 21.0. The van der Waals surface area contributed by atoms with Crippen LogP contribution in [0.4, 0.5) is 0 Å². The minimum atomic E-state index is -0.330. The first kappa shape index (κ1) is 9.97. The predicted octanol–water partition coefficient (Wildman–Crippen LogP) is 0.682. The molecule has 5 heteroatoms. The third kappa shape index (κ3) is 3.02. The first-order chi connectivity index (χ1) is 6.24. The van der Waals surface area contributed by atoms with Crippen LogP contribution in [0.15, 0.2) is 24.3 Å². The van der Waals surface area contributed by atoms with Gasteiger partial charge < -0.3 is 0 Å². The van der Waals surface area contributed by atoms with E-state index < -0.39 is 0 Å². The number of carbonyl (C=O) groups is 2. The Morgan fingerprint density at radius 3 is 2.46 bits per heavy atom. The van der Waals surface area contributed by atoms with Crippen molar-refractivity contribution in [3.63, 3.8) is 0 Å². The second kappa shape index (κ2) is 4.80. The number of hydrazine groups is 1. The second-order valence-corrected chi connectivity index (χ2v) is 3.47. The van der Waals surface area contributed by atoms with Crippen LogP contribution in [0.2, 0.25) is 0 Å². The van der Waals surface area contributed by atoms with E-state index in [0.717, 1.165) is 3.57 Å². The zero-order valence-corrected chi connectivity index (χ0v) is 8.74. The Balaban J connectivity index is 2.66. The number of benzene rings is 1. The van der Waals surface area contributed by atoms with Crippen molar-refractivity contribution >= 4 is 34.9 Å². The number of hydrogen-bond acceptors (Lipinski definition) is 2. The summed E-state index contributed by atoms with van der Waals surface area (Å²) in [6, 6.07) is 7.00. The van der Waals surface area contributed by atoms with Gasteiger partial charge in [-0.1, -0.05) is 0 Å². The SMILES string of the molecule is O=CNNC(=O)c1ccc(I)cc1. The van der Waals surface area contributed by atoms with Crippen molar-refractivity contribution in [2.45, 2.75) is 0 Å². The Kier molecular flexibility index (Phi) is 3.69. The maximum atomic E-state index is 11.2. The number of nitrogens with one attached hydrogen (secondary N) is 2. The predicted molar refractivity (Wildman–Crippen MR) is 55.8 cm³/mol. The Hall–Kier alpha value is -1.11. The Bertz CT molecular complexity index is 310. The molecule has 0 saturated carbocycles. The highest BCUT2D eigenvalue weighted by Gasteiger charge is 2.02. The summed E-state index contributed by atoms with van der Waals surface area (Å²) in [5.41, 5.74) is 4.80. The molecule has 0 saturated heterocycles. The van der Waals surface area contributed by atoms with E-state index in [9.17, 15) is 9.59 Å². The van der Waals surface area contributed by atoms with Crippen molar-refractivity contribution in [1.82, 2.24) is 10.9 Å². The number of amides is 2. The van der Waals surface area contributed by atoms with Crippen LogP contribution in [0, 0.1) is 3.57 Å². The van der Waals surface area contributed by atoms with E-state index in [2.05, 4.69) is 33.4 Å². The fourth-order valence-electron chi connectivity index (χ4n) is 0.768. The standard InChI is InChI=1S/C8H7IN2O2/c9-7-3-1-6(2-4-7)8(13)11-10-5-12/h1-5H,(H,10,12)(H,11,13). The van der Waals surface area contributed by atoms with Gasteiger partial charge in [-0.15, -0.1) is 0 Å². The molecule has 1 aromatic carbocycles. The van der Waals surface area contributed by atoms with Crippen molar-refractivity contribution in [2.24, 2.45) is 0 Å². The molecule has 2 N–H and O–H groups in total. The van der Waals surface area contributed by atoms with E-state index >= 15 is 0 Å². The van der Waals surface area contributed by atoms with E-state index in [1.807, 2.05) is 12.1 Å². The first-order valence-corrected chi connectivity index (χ1v) is 4.57. The molecule has 0 aromatic heterocycles. The summed E-state index contributed by atoms with van der Waals surface area (Å²) in [7, 11) is 0. The van der Waals surface area contributed by atoms with Crippen LogP contribution in [0.25, 0.3) is 0 Å². The molecule has 0 radical (unpaired) electrons. The highest BCUT2D eigenvalue weighted by atomic mass is 127. The molecule has 2 amide bonds. The van der Waals surface area contributed by atoms with Crippen molar-refractivity contribution in [3.05, 3.63) is 33.4 Å². The quantitative estimate of drug-likeness (QED) is 0.488. The maximum absolute atomic E-state index is 11.2. The minimum Gasteiger partial charge on any atom is -0.277 e. The lowest BCUT2D eigenvalue weighted by molar-refractivity contribution is -0.110. The van der Waals surface area contributed by atoms with Gasteiger partial charge in [0.05, 0.1) is 0 Å². The monoisotopic (exact) mass is 290 g/mol. The van der Waals surface area contributed by atoms with Gasteiger partial charge in [0, 0.05) is 9.13 Å². The number of halogens is 1. The van der Waals surface area contributed by atoms with Crippen LogP contribution < -0.4 is 10.9 Å². The average Bonchev–Trinajstić information content (AvgIpc) is 2.15. The molecular formula is C8H7IN2O2. The molecule has 0 spiro atoms. The molecule has 1 aromatic rings. The summed E-state index contributed by atoms with van der Waals surface area (Å²) in [6.07, 6.45) is 0.407. The molecule has 0 fully saturated rings. The number of carbonyl (C=O) groups excluding carboxylic acids is 2. The Morgan fingerprint density at radius 1 is 1.31 bits per heavy atom. The van der Waals surface area contributed by atoms with Gasteiger partial charge in [0.2, 0.25) is 6.41 Å². The van der Waals surface area contributed by atoms with Gasteiger partial charge in [0.1, 0.15) is 0 Å². The molecule has 4 nitrogen and oxygen atoms in total. The molecule has 68 valence electrons. The molecular weight excluding hydrogens is 283 g/mol. The molecule has 13 heavy (non-hydrogen) atoms. The molecule has 0 heterocycles. The van der Waals surface area contributed by atoms with E-state index in [-0.39, 0.29) is 5.91 Å². The van der Waals surface area contributed by atoms with Crippen LogP contribution in [0.5, 0.6) is 0 Å². The fourth-order valence-corrected chi connectivity index (χ4v) is 1.13. The van der Waals surface area contributed by atoms with E-state index in [4.69, 9.17) is 0 Å². The molecule has 0 aliphatic heterocycles. The summed E-state index contributed by atoms with van der Waals surface area (Å²) in [6.45, 7) is 0. The van der Waals surface area contributed by atoms with Gasteiger partial charge in [-0.2, -0.15) is 0 Å². The van der Waals surface area contributed by atoms with Gasteiger partial charge >= 0.3 is 0 Å². The van der Waals surface area contributed by atoms with E-state index in [1.54, 1.807) is 12.1 Å². The Morgan fingerprint density at radius 2 is 1.92 bits per heavy atom. The van der Waals surface area contributed by atoms with Crippen molar-refractivity contribution in [3.8, 4) is 0 Å². The lowest BCUT2D eigenvalue weighted by Crippen LogP contribution is -2.36. The third-order valence-corrected chi connectivity index (χ3v) is 2.07. The number of rotatable bonds is 3. The smallest absolute Gasteiger partial charge is 0.269 e. The van der Waals surface area contributed by atoms with Crippen molar-refractivity contribution in [2.75, 3.05) is 0 Å². The highest BCUT2D eigenvalue weighted by molar-refractivity contribution is 14.1. The van der Waals surface area contributed by atoms with Crippen LogP contribution >= 0.6 is 22.6 Å². The second-order valence-electron chi connectivity index (χ2n) is 2.22. The molecule has 0 unspecified atom stereocenters. The summed E-state index contributed by atoms with van der Waals surface area (Å²) < 4.78 is 1.05. The summed E-state index contributed by atoms with van der Waals surface area (Å²) >= 11 is 2.15. The van der Waals surface area contributed by atoms with Crippen LogP contribution in [0.3, 0.4) is 0 Å². The van der Waals surface area contributed by atoms with Gasteiger partial charge in [0.15, 0.2) is 0 Å². The van der Waals surface area contributed by atoms with Gasteiger partial charge in [-0.05, 0) is 46.9 Å². The first-order valence-electron chi connectivity index (χ1n) is 3.49. The molecule has 0 atom stereocenters. The van der Waals surface area contributed by atoms with Crippen molar-refractivity contribution in [1.29, 1.82) is 0 Å². The molecule has 0 bridgehead atoms. The lowest BCUT2D eigenvalue weighted by Gasteiger charge is -2.01. The van der Waals surface area contributed by atoms with E-state index in [1.165, 1.54) is 0 Å². The topological polar surface area (TPSA) is 58.2 Å². The summed E-state index contributed by atoms with van der Waals surface area (Å²) in [5, 5.41) is 0. The largest absolute Gasteiger partial charge is 0.277 e.